The van der Waals surface area contributed by atoms with Crippen molar-refractivity contribution >= 4 is 16.5 Å². The standard InChI is InChI=1S/C10H11N3S/c1-8-2-4-9(5-3-8)6-11-10-13-12-7-14-10/h2-5,7H,6H2,1H3,(H,11,13). The zero-order valence-electron chi connectivity index (χ0n) is 7.90. The Bertz CT molecular complexity index is 380. The maximum absolute atomic E-state index is 3.91. The van der Waals surface area contributed by atoms with Crippen molar-refractivity contribution in [2.45, 2.75) is 13.5 Å². The largest absolute Gasteiger partial charge is 0.356 e. The summed E-state index contributed by atoms with van der Waals surface area (Å²) in [5, 5.41) is 11.7. The summed E-state index contributed by atoms with van der Waals surface area (Å²) < 4.78 is 0. The lowest BCUT2D eigenvalue weighted by Crippen LogP contribution is -1.98. The van der Waals surface area contributed by atoms with Crippen molar-refractivity contribution in [3.8, 4) is 0 Å². The summed E-state index contributed by atoms with van der Waals surface area (Å²) in [7, 11) is 0. The van der Waals surface area contributed by atoms with Gasteiger partial charge in [0.05, 0.1) is 0 Å². The first-order chi connectivity index (χ1) is 6.84. The third-order valence-electron chi connectivity index (χ3n) is 1.92. The van der Waals surface area contributed by atoms with Crippen molar-refractivity contribution in [3.63, 3.8) is 0 Å². The van der Waals surface area contributed by atoms with E-state index in [1.165, 1.54) is 22.5 Å². The first-order valence-electron chi connectivity index (χ1n) is 4.40. The molecule has 1 heterocycles. The number of nitrogens with zero attached hydrogens (tertiary/aromatic N) is 2. The van der Waals surface area contributed by atoms with E-state index in [1.807, 2.05) is 0 Å². The molecule has 2 aromatic rings. The molecule has 72 valence electrons. The van der Waals surface area contributed by atoms with Crippen LogP contribution < -0.4 is 5.32 Å². The van der Waals surface area contributed by atoms with Crippen LogP contribution in [0.4, 0.5) is 5.13 Å². The highest BCUT2D eigenvalue weighted by atomic mass is 32.1. The molecule has 0 unspecified atom stereocenters. The van der Waals surface area contributed by atoms with Crippen LogP contribution in [-0.4, -0.2) is 10.2 Å². The Morgan fingerprint density at radius 2 is 2.07 bits per heavy atom. The number of nitrogens with one attached hydrogen (secondary N) is 1. The Hall–Kier alpha value is -1.42. The third-order valence-corrected chi connectivity index (χ3v) is 2.57. The summed E-state index contributed by atoms with van der Waals surface area (Å²) in [4.78, 5) is 0. The fourth-order valence-electron chi connectivity index (χ4n) is 1.13. The van der Waals surface area contributed by atoms with E-state index in [2.05, 4.69) is 46.7 Å². The highest BCUT2D eigenvalue weighted by Crippen LogP contribution is 2.10. The number of rotatable bonds is 3. The van der Waals surface area contributed by atoms with E-state index < -0.39 is 0 Å². The van der Waals surface area contributed by atoms with E-state index >= 15 is 0 Å². The van der Waals surface area contributed by atoms with Gasteiger partial charge in [0.2, 0.25) is 5.13 Å². The van der Waals surface area contributed by atoms with Crippen molar-refractivity contribution in [1.82, 2.24) is 10.2 Å². The molecule has 3 nitrogen and oxygen atoms in total. The molecule has 0 saturated carbocycles. The van der Waals surface area contributed by atoms with Gasteiger partial charge in [-0.3, -0.25) is 0 Å². The molecule has 0 aliphatic rings. The lowest BCUT2D eigenvalue weighted by molar-refractivity contribution is 1.05. The normalized spacial score (nSPS) is 10.1. The minimum Gasteiger partial charge on any atom is -0.356 e. The zero-order chi connectivity index (χ0) is 9.80. The average Bonchev–Trinajstić information content (AvgIpc) is 2.70. The van der Waals surface area contributed by atoms with Crippen molar-refractivity contribution in [2.24, 2.45) is 0 Å². The Morgan fingerprint density at radius 1 is 1.29 bits per heavy atom. The van der Waals surface area contributed by atoms with Crippen LogP contribution in [0.15, 0.2) is 29.8 Å². The predicted molar refractivity (Wildman–Crippen MR) is 58.4 cm³/mol. The van der Waals surface area contributed by atoms with Crippen LogP contribution in [0, 0.1) is 6.92 Å². The summed E-state index contributed by atoms with van der Waals surface area (Å²) >= 11 is 1.51. The van der Waals surface area contributed by atoms with Gasteiger partial charge in [0.25, 0.3) is 0 Å². The fraction of sp³-hybridized carbons (Fsp3) is 0.200. The highest BCUT2D eigenvalue weighted by Gasteiger charge is 1.95. The maximum Gasteiger partial charge on any atom is 0.205 e. The molecule has 0 radical (unpaired) electrons. The summed E-state index contributed by atoms with van der Waals surface area (Å²) in [6, 6.07) is 8.45. The second-order valence-electron chi connectivity index (χ2n) is 3.08. The molecule has 0 aliphatic heterocycles. The van der Waals surface area contributed by atoms with Crippen LogP contribution in [0.2, 0.25) is 0 Å². The van der Waals surface area contributed by atoms with E-state index in [-0.39, 0.29) is 0 Å². The van der Waals surface area contributed by atoms with Gasteiger partial charge in [-0.25, -0.2) is 0 Å². The van der Waals surface area contributed by atoms with Crippen LogP contribution in [0.1, 0.15) is 11.1 Å². The molecule has 1 aromatic heterocycles. The fourth-order valence-corrected chi connectivity index (χ4v) is 1.58. The smallest absolute Gasteiger partial charge is 0.205 e. The number of anilines is 1. The van der Waals surface area contributed by atoms with E-state index in [0.717, 1.165) is 11.7 Å². The highest BCUT2D eigenvalue weighted by molar-refractivity contribution is 7.13. The van der Waals surface area contributed by atoms with Gasteiger partial charge in [-0.1, -0.05) is 41.2 Å². The van der Waals surface area contributed by atoms with E-state index in [4.69, 9.17) is 0 Å². The average molecular weight is 205 g/mol. The monoisotopic (exact) mass is 205 g/mol. The minimum atomic E-state index is 0.801. The Balaban J connectivity index is 1.95. The van der Waals surface area contributed by atoms with E-state index in [9.17, 15) is 0 Å². The van der Waals surface area contributed by atoms with Gasteiger partial charge < -0.3 is 5.32 Å². The lowest BCUT2D eigenvalue weighted by atomic mass is 10.1. The molecule has 2 rings (SSSR count). The topological polar surface area (TPSA) is 37.8 Å². The molecule has 0 bridgehead atoms. The van der Waals surface area contributed by atoms with Crippen LogP contribution in [0.25, 0.3) is 0 Å². The maximum atomic E-state index is 3.91. The molecule has 0 atom stereocenters. The molecule has 0 fully saturated rings. The summed E-state index contributed by atoms with van der Waals surface area (Å²) in [5.41, 5.74) is 4.26. The van der Waals surface area contributed by atoms with Crippen LogP contribution in [0.5, 0.6) is 0 Å². The van der Waals surface area contributed by atoms with Gasteiger partial charge in [-0.05, 0) is 12.5 Å². The van der Waals surface area contributed by atoms with Gasteiger partial charge in [0.1, 0.15) is 5.51 Å². The van der Waals surface area contributed by atoms with Crippen LogP contribution >= 0.6 is 11.3 Å². The first kappa shape index (κ1) is 9.15. The van der Waals surface area contributed by atoms with Crippen molar-refractivity contribution in [1.29, 1.82) is 0 Å². The quantitative estimate of drug-likeness (QED) is 0.836. The molecule has 0 spiro atoms. The Kier molecular flexibility index (Phi) is 2.74. The van der Waals surface area contributed by atoms with Gasteiger partial charge in [-0.2, -0.15) is 0 Å². The number of benzene rings is 1. The molecule has 1 aromatic carbocycles. The lowest BCUT2D eigenvalue weighted by Gasteiger charge is -2.02. The Labute approximate surface area is 86.8 Å². The number of hydrogen-bond acceptors (Lipinski definition) is 4. The SMILES string of the molecule is Cc1ccc(CNc2nncs2)cc1. The van der Waals surface area contributed by atoms with Crippen LogP contribution in [-0.2, 0) is 6.54 Å². The van der Waals surface area contributed by atoms with E-state index in [0.29, 0.717) is 0 Å². The van der Waals surface area contributed by atoms with Gasteiger partial charge in [0, 0.05) is 6.54 Å². The summed E-state index contributed by atoms with van der Waals surface area (Å²) in [5.74, 6) is 0. The second-order valence-corrected chi connectivity index (χ2v) is 3.92. The zero-order valence-corrected chi connectivity index (χ0v) is 8.71. The van der Waals surface area contributed by atoms with Crippen molar-refractivity contribution < 1.29 is 0 Å². The van der Waals surface area contributed by atoms with Gasteiger partial charge in [0.15, 0.2) is 0 Å². The molecule has 14 heavy (non-hydrogen) atoms. The summed E-state index contributed by atoms with van der Waals surface area (Å²) in [6.45, 7) is 2.89. The summed E-state index contributed by atoms with van der Waals surface area (Å²) in [6.07, 6.45) is 0. The number of aromatic nitrogens is 2. The van der Waals surface area contributed by atoms with Gasteiger partial charge in [-0.15, -0.1) is 10.2 Å². The number of aryl methyl sites for hydroxylation is 1. The number of hydrogen-bond donors (Lipinski definition) is 1. The molecule has 0 saturated heterocycles. The molecular formula is C10H11N3S. The van der Waals surface area contributed by atoms with E-state index in [1.54, 1.807) is 5.51 Å². The Morgan fingerprint density at radius 3 is 2.71 bits per heavy atom. The first-order valence-corrected chi connectivity index (χ1v) is 5.28. The molecular weight excluding hydrogens is 194 g/mol. The third kappa shape index (κ3) is 2.29. The molecule has 0 aliphatic carbocycles. The van der Waals surface area contributed by atoms with Gasteiger partial charge >= 0.3 is 0 Å². The minimum absolute atomic E-state index is 0.801. The molecule has 4 heteroatoms. The molecule has 1 N–H and O–H groups in total. The molecule has 0 amide bonds. The predicted octanol–water partition coefficient (Wildman–Crippen LogP) is 2.46. The van der Waals surface area contributed by atoms with Crippen molar-refractivity contribution in [3.05, 3.63) is 40.9 Å². The second kappa shape index (κ2) is 4.19. The van der Waals surface area contributed by atoms with Crippen molar-refractivity contribution in [2.75, 3.05) is 5.32 Å². The van der Waals surface area contributed by atoms with Crippen LogP contribution in [0.3, 0.4) is 0 Å².